The number of aromatic amines is 1. The van der Waals surface area contributed by atoms with E-state index in [0.29, 0.717) is 5.69 Å². The molecule has 0 aliphatic carbocycles. The average Bonchev–Trinajstić information content (AvgIpc) is 2.91. The summed E-state index contributed by atoms with van der Waals surface area (Å²) in [7, 11) is 0. The van der Waals surface area contributed by atoms with E-state index in [2.05, 4.69) is 11.1 Å². The lowest BCUT2D eigenvalue weighted by atomic mass is 10.0. The molecule has 0 unspecified atom stereocenters. The third-order valence-electron chi connectivity index (χ3n) is 3.18. The fourth-order valence-electron chi connectivity index (χ4n) is 2.35. The Balaban J connectivity index is 1.98. The molecule has 0 saturated carbocycles. The first-order valence-corrected chi connectivity index (χ1v) is 5.89. The minimum absolute atomic E-state index is 0.0575. The summed E-state index contributed by atoms with van der Waals surface area (Å²) in [6, 6.07) is 11.8. The second-order valence-electron chi connectivity index (χ2n) is 4.27. The monoisotopic (exact) mass is 226 g/mol. The van der Waals surface area contributed by atoms with E-state index in [9.17, 15) is 4.79 Å². The third-order valence-corrected chi connectivity index (χ3v) is 3.18. The maximum Gasteiger partial charge on any atom is 0.274 e. The second kappa shape index (κ2) is 4.09. The van der Waals surface area contributed by atoms with Crippen molar-refractivity contribution >= 4 is 11.6 Å². The number of aromatic nitrogens is 1. The summed E-state index contributed by atoms with van der Waals surface area (Å²) in [6.07, 6.45) is 3.87. The van der Waals surface area contributed by atoms with Gasteiger partial charge in [-0.3, -0.25) is 4.79 Å². The van der Waals surface area contributed by atoms with Crippen molar-refractivity contribution < 1.29 is 4.79 Å². The van der Waals surface area contributed by atoms with Crippen molar-refractivity contribution in [2.24, 2.45) is 0 Å². The first-order valence-electron chi connectivity index (χ1n) is 5.89. The van der Waals surface area contributed by atoms with Crippen LogP contribution in [-0.4, -0.2) is 17.4 Å². The molecule has 86 valence electrons. The van der Waals surface area contributed by atoms with E-state index in [4.69, 9.17) is 0 Å². The Morgan fingerprint density at radius 3 is 2.88 bits per heavy atom. The minimum Gasteiger partial charge on any atom is -0.357 e. The normalized spacial score (nSPS) is 14.5. The Hall–Kier alpha value is -2.03. The highest BCUT2D eigenvalue weighted by molar-refractivity contribution is 6.05. The molecule has 1 aliphatic heterocycles. The van der Waals surface area contributed by atoms with Gasteiger partial charge in [-0.1, -0.05) is 18.2 Å². The van der Waals surface area contributed by atoms with Crippen molar-refractivity contribution in [3.63, 3.8) is 0 Å². The van der Waals surface area contributed by atoms with Crippen molar-refractivity contribution in [3.8, 4) is 0 Å². The van der Waals surface area contributed by atoms with Crippen molar-refractivity contribution in [2.45, 2.75) is 12.8 Å². The Morgan fingerprint density at radius 1 is 1.18 bits per heavy atom. The number of fused-ring (bicyclic) bond motifs is 1. The lowest BCUT2D eigenvalue weighted by Gasteiger charge is -2.29. The van der Waals surface area contributed by atoms with Crippen molar-refractivity contribution in [3.05, 3.63) is 53.9 Å². The predicted molar refractivity (Wildman–Crippen MR) is 67.2 cm³/mol. The van der Waals surface area contributed by atoms with Gasteiger partial charge in [0.05, 0.1) is 0 Å². The number of carbonyl (C=O) groups is 1. The van der Waals surface area contributed by atoms with Crippen LogP contribution in [0.5, 0.6) is 0 Å². The Kier molecular flexibility index (Phi) is 2.44. The van der Waals surface area contributed by atoms with Crippen LogP contribution in [0.2, 0.25) is 0 Å². The SMILES string of the molecule is O=C(c1ccc[nH]1)N1CCCc2ccccc21. The summed E-state index contributed by atoms with van der Waals surface area (Å²) in [4.78, 5) is 17.2. The van der Waals surface area contributed by atoms with Gasteiger partial charge in [0.15, 0.2) is 0 Å². The lowest BCUT2D eigenvalue weighted by molar-refractivity contribution is 0.0981. The molecule has 1 aromatic heterocycles. The highest BCUT2D eigenvalue weighted by atomic mass is 16.2. The molecule has 3 nitrogen and oxygen atoms in total. The van der Waals surface area contributed by atoms with Crippen LogP contribution in [0.4, 0.5) is 5.69 Å². The van der Waals surface area contributed by atoms with Crippen LogP contribution in [0, 0.1) is 0 Å². The van der Waals surface area contributed by atoms with E-state index in [1.54, 1.807) is 6.20 Å². The smallest absolute Gasteiger partial charge is 0.274 e. The molecule has 1 N–H and O–H groups in total. The summed E-state index contributed by atoms with van der Waals surface area (Å²) < 4.78 is 0. The number of hydrogen-bond donors (Lipinski definition) is 1. The molecule has 17 heavy (non-hydrogen) atoms. The highest BCUT2D eigenvalue weighted by Gasteiger charge is 2.23. The van der Waals surface area contributed by atoms with E-state index in [0.717, 1.165) is 25.1 Å². The number of aryl methyl sites for hydroxylation is 1. The standard InChI is InChI=1S/C14H14N2O/c17-14(12-7-3-9-15-12)16-10-4-6-11-5-1-2-8-13(11)16/h1-3,5,7-9,15H,4,6,10H2. The van der Waals surface area contributed by atoms with Crippen LogP contribution in [0.15, 0.2) is 42.6 Å². The van der Waals surface area contributed by atoms with Crippen LogP contribution in [-0.2, 0) is 6.42 Å². The topological polar surface area (TPSA) is 36.1 Å². The number of carbonyl (C=O) groups excluding carboxylic acids is 1. The van der Waals surface area contributed by atoms with Gasteiger partial charge in [0.25, 0.3) is 5.91 Å². The number of nitrogens with zero attached hydrogens (tertiary/aromatic N) is 1. The largest absolute Gasteiger partial charge is 0.357 e. The van der Waals surface area contributed by atoms with E-state index in [1.165, 1.54) is 5.56 Å². The van der Waals surface area contributed by atoms with E-state index < -0.39 is 0 Å². The first-order chi connectivity index (χ1) is 8.36. The number of hydrogen-bond acceptors (Lipinski definition) is 1. The summed E-state index contributed by atoms with van der Waals surface area (Å²) >= 11 is 0. The summed E-state index contributed by atoms with van der Waals surface area (Å²) in [5, 5.41) is 0. The number of amides is 1. The molecule has 0 fully saturated rings. The van der Waals surface area contributed by atoms with Crippen LogP contribution < -0.4 is 4.90 Å². The van der Waals surface area contributed by atoms with Gasteiger partial charge in [-0.2, -0.15) is 0 Å². The van der Waals surface area contributed by atoms with Crippen molar-refractivity contribution in [2.75, 3.05) is 11.4 Å². The van der Waals surface area contributed by atoms with Crippen LogP contribution in [0.1, 0.15) is 22.5 Å². The van der Waals surface area contributed by atoms with Gasteiger partial charge >= 0.3 is 0 Å². The molecule has 1 aliphatic rings. The van der Waals surface area contributed by atoms with Crippen molar-refractivity contribution in [1.82, 2.24) is 4.98 Å². The minimum atomic E-state index is 0.0575. The van der Waals surface area contributed by atoms with Crippen molar-refractivity contribution in [1.29, 1.82) is 0 Å². The lowest BCUT2D eigenvalue weighted by Crippen LogP contribution is -2.35. The molecule has 3 heteroatoms. The molecule has 0 radical (unpaired) electrons. The molecule has 2 aromatic rings. The molecule has 1 aromatic carbocycles. The first kappa shape index (κ1) is 10.1. The molecule has 3 rings (SSSR count). The summed E-state index contributed by atoms with van der Waals surface area (Å²) in [5.41, 5.74) is 2.97. The van der Waals surface area contributed by atoms with Crippen LogP contribution in [0.3, 0.4) is 0 Å². The predicted octanol–water partition coefficient (Wildman–Crippen LogP) is 2.61. The third kappa shape index (κ3) is 1.73. The average molecular weight is 226 g/mol. The molecule has 2 heterocycles. The number of nitrogens with one attached hydrogen (secondary N) is 1. The van der Waals surface area contributed by atoms with Crippen LogP contribution in [0.25, 0.3) is 0 Å². The fourth-order valence-corrected chi connectivity index (χ4v) is 2.35. The quantitative estimate of drug-likeness (QED) is 0.797. The Bertz CT molecular complexity index is 531. The fraction of sp³-hybridized carbons (Fsp3) is 0.214. The Labute approximate surface area is 100 Å². The van der Waals surface area contributed by atoms with Crippen LogP contribution >= 0.6 is 0 Å². The molecule has 0 spiro atoms. The maximum absolute atomic E-state index is 12.3. The molecule has 0 saturated heterocycles. The van der Waals surface area contributed by atoms with E-state index in [-0.39, 0.29) is 5.91 Å². The number of rotatable bonds is 1. The maximum atomic E-state index is 12.3. The zero-order valence-corrected chi connectivity index (χ0v) is 9.52. The molecular formula is C14H14N2O. The van der Waals surface area contributed by atoms with Gasteiger partial charge in [-0.25, -0.2) is 0 Å². The summed E-state index contributed by atoms with van der Waals surface area (Å²) in [6.45, 7) is 0.800. The zero-order chi connectivity index (χ0) is 11.7. The Morgan fingerprint density at radius 2 is 2.06 bits per heavy atom. The highest BCUT2D eigenvalue weighted by Crippen LogP contribution is 2.27. The molecule has 0 atom stereocenters. The van der Waals surface area contributed by atoms with Gasteiger partial charge in [-0.05, 0) is 36.6 Å². The number of benzene rings is 1. The number of H-pyrrole nitrogens is 1. The number of anilines is 1. The molecular weight excluding hydrogens is 212 g/mol. The van der Waals surface area contributed by atoms with Gasteiger partial charge in [0.2, 0.25) is 0 Å². The summed E-state index contributed by atoms with van der Waals surface area (Å²) in [5.74, 6) is 0.0575. The number of para-hydroxylation sites is 1. The van der Waals surface area contributed by atoms with E-state index >= 15 is 0 Å². The van der Waals surface area contributed by atoms with Gasteiger partial charge in [0, 0.05) is 18.4 Å². The molecule has 1 amide bonds. The van der Waals surface area contributed by atoms with Gasteiger partial charge in [-0.15, -0.1) is 0 Å². The van der Waals surface area contributed by atoms with Gasteiger partial charge < -0.3 is 9.88 Å². The van der Waals surface area contributed by atoms with Gasteiger partial charge in [0.1, 0.15) is 5.69 Å². The van der Waals surface area contributed by atoms with E-state index in [1.807, 2.05) is 35.2 Å². The molecule has 0 bridgehead atoms. The second-order valence-corrected chi connectivity index (χ2v) is 4.27. The zero-order valence-electron chi connectivity index (χ0n) is 9.52.